The molecule has 0 spiro atoms. The predicted octanol–water partition coefficient (Wildman–Crippen LogP) is 4.99. The molecule has 2 aromatic carbocycles. The molecule has 7 heteroatoms. The van der Waals surface area contributed by atoms with E-state index in [9.17, 15) is 17.6 Å². The third-order valence-corrected chi connectivity index (χ3v) is 2.90. The predicted molar refractivity (Wildman–Crippen MR) is 71.9 cm³/mol. The maximum absolute atomic E-state index is 13.1. The Hall–Kier alpha value is -1.95. The van der Waals surface area contributed by atoms with Gasteiger partial charge >= 0.3 is 6.36 Å². The summed E-state index contributed by atoms with van der Waals surface area (Å²) in [7, 11) is 0. The highest BCUT2D eigenvalue weighted by Gasteiger charge is 2.30. The topological polar surface area (TPSA) is 21.3 Å². The molecule has 0 aliphatic heterocycles. The molecular formula is C14H10ClF4NO. The molecule has 2 rings (SSSR count). The van der Waals surface area contributed by atoms with Crippen LogP contribution in [0.25, 0.3) is 0 Å². The molecule has 2 nitrogen and oxygen atoms in total. The first-order valence-corrected chi connectivity index (χ1v) is 6.25. The number of anilines is 1. The van der Waals surface area contributed by atoms with Crippen LogP contribution in [0.15, 0.2) is 42.5 Å². The van der Waals surface area contributed by atoms with Gasteiger partial charge in [0.15, 0.2) is 0 Å². The van der Waals surface area contributed by atoms with Crippen LogP contribution in [0.3, 0.4) is 0 Å². The summed E-state index contributed by atoms with van der Waals surface area (Å²) < 4.78 is 52.9. The van der Waals surface area contributed by atoms with Gasteiger partial charge < -0.3 is 10.1 Å². The molecule has 2 aromatic rings. The lowest BCUT2D eigenvalue weighted by atomic mass is 10.2. The summed E-state index contributed by atoms with van der Waals surface area (Å²) in [6.45, 7) is 0.287. The highest BCUT2D eigenvalue weighted by atomic mass is 35.5. The fourth-order valence-corrected chi connectivity index (χ4v) is 1.82. The summed E-state index contributed by atoms with van der Waals surface area (Å²) >= 11 is 5.89. The van der Waals surface area contributed by atoms with Gasteiger partial charge in [-0.1, -0.05) is 23.7 Å². The number of benzene rings is 2. The van der Waals surface area contributed by atoms with Gasteiger partial charge in [0.25, 0.3) is 0 Å². The number of halogens is 5. The van der Waals surface area contributed by atoms with Crippen molar-refractivity contribution in [2.75, 3.05) is 5.32 Å². The molecular weight excluding hydrogens is 310 g/mol. The Bertz CT molecular complexity index is 613. The Labute approximate surface area is 123 Å². The highest BCUT2D eigenvalue weighted by molar-refractivity contribution is 6.33. The number of hydrogen-bond acceptors (Lipinski definition) is 2. The lowest BCUT2D eigenvalue weighted by Gasteiger charge is -2.11. The Morgan fingerprint density at radius 1 is 1.05 bits per heavy atom. The molecule has 0 aliphatic carbocycles. The highest BCUT2D eigenvalue weighted by Crippen LogP contribution is 2.25. The molecule has 0 aliphatic rings. The van der Waals surface area contributed by atoms with Crippen LogP contribution in [-0.2, 0) is 6.54 Å². The Morgan fingerprint density at radius 3 is 2.33 bits per heavy atom. The third kappa shape index (κ3) is 4.82. The van der Waals surface area contributed by atoms with E-state index in [1.807, 2.05) is 0 Å². The number of alkyl halides is 3. The maximum Gasteiger partial charge on any atom is 0.573 e. The van der Waals surface area contributed by atoms with E-state index in [1.165, 1.54) is 42.5 Å². The molecule has 0 aromatic heterocycles. The van der Waals surface area contributed by atoms with Gasteiger partial charge in [0.1, 0.15) is 11.6 Å². The van der Waals surface area contributed by atoms with E-state index in [2.05, 4.69) is 10.1 Å². The average Bonchev–Trinajstić information content (AvgIpc) is 2.40. The summed E-state index contributed by atoms with van der Waals surface area (Å²) in [5.41, 5.74) is 1.11. The van der Waals surface area contributed by atoms with Crippen LogP contribution in [0.1, 0.15) is 5.56 Å². The second-order valence-corrected chi connectivity index (χ2v) is 4.58. The van der Waals surface area contributed by atoms with E-state index in [0.717, 1.165) is 0 Å². The molecule has 0 amide bonds. The second-order valence-electron chi connectivity index (χ2n) is 4.17. The molecule has 0 radical (unpaired) electrons. The Kier molecular flexibility index (Phi) is 4.57. The van der Waals surface area contributed by atoms with Gasteiger partial charge in [-0.15, -0.1) is 13.2 Å². The first-order valence-electron chi connectivity index (χ1n) is 5.87. The van der Waals surface area contributed by atoms with E-state index in [1.54, 1.807) is 0 Å². The van der Waals surface area contributed by atoms with E-state index in [0.29, 0.717) is 16.3 Å². The Balaban J connectivity index is 1.99. The van der Waals surface area contributed by atoms with Crippen LogP contribution < -0.4 is 10.1 Å². The van der Waals surface area contributed by atoms with Crippen LogP contribution >= 0.6 is 11.6 Å². The van der Waals surface area contributed by atoms with Crippen molar-refractivity contribution >= 4 is 17.3 Å². The van der Waals surface area contributed by atoms with Crippen LogP contribution in [0, 0.1) is 5.82 Å². The first-order chi connectivity index (χ1) is 9.83. The molecule has 0 bridgehead atoms. The van der Waals surface area contributed by atoms with Crippen molar-refractivity contribution < 1.29 is 22.3 Å². The zero-order chi connectivity index (χ0) is 15.5. The molecule has 21 heavy (non-hydrogen) atoms. The van der Waals surface area contributed by atoms with Gasteiger partial charge in [-0.05, 0) is 35.9 Å². The lowest BCUT2D eigenvalue weighted by Crippen LogP contribution is -2.17. The van der Waals surface area contributed by atoms with E-state index >= 15 is 0 Å². The molecule has 0 atom stereocenters. The summed E-state index contributed by atoms with van der Waals surface area (Å²) in [6, 6.07) is 9.25. The molecule has 0 fully saturated rings. The van der Waals surface area contributed by atoms with Crippen molar-refractivity contribution in [2.24, 2.45) is 0 Å². The molecule has 0 unspecified atom stereocenters. The van der Waals surface area contributed by atoms with Gasteiger partial charge in [0.2, 0.25) is 0 Å². The molecule has 1 N–H and O–H groups in total. The normalized spacial score (nSPS) is 11.3. The molecule has 0 saturated carbocycles. The van der Waals surface area contributed by atoms with Crippen molar-refractivity contribution in [1.82, 2.24) is 0 Å². The minimum atomic E-state index is -4.71. The van der Waals surface area contributed by atoms with Crippen molar-refractivity contribution in [3.63, 3.8) is 0 Å². The fourth-order valence-electron chi connectivity index (χ4n) is 1.64. The fraction of sp³-hybridized carbons (Fsp3) is 0.143. The van der Waals surface area contributed by atoms with Crippen LogP contribution in [0.4, 0.5) is 23.2 Å². The summed E-state index contributed by atoms with van der Waals surface area (Å²) in [6.07, 6.45) is -4.71. The van der Waals surface area contributed by atoms with E-state index < -0.39 is 12.2 Å². The minimum Gasteiger partial charge on any atom is -0.406 e. The van der Waals surface area contributed by atoms with Crippen LogP contribution in [-0.4, -0.2) is 6.36 Å². The van der Waals surface area contributed by atoms with Gasteiger partial charge in [-0.3, -0.25) is 0 Å². The minimum absolute atomic E-state index is 0.287. The van der Waals surface area contributed by atoms with Crippen LogP contribution in [0.2, 0.25) is 5.02 Å². The zero-order valence-corrected chi connectivity index (χ0v) is 11.3. The molecule has 0 heterocycles. The van der Waals surface area contributed by atoms with Gasteiger partial charge in [-0.25, -0.2) is 4.39 Å². The summed E-state index contributed by atoms with van der Waals surface area (Å²) in [5.74, 6) is -0.731. The smallest absolute Gasteiger partial charge is 0.406 e. The quantitative estimate of drug-likeness (QED) is 0.802. The molecule has 112 valence electrons. The van der Waals surface area contributed by atoms with E-state index in [4.69, 9.17) is 11.6 Å². The van der Waals surface area contributed by atoms with Gasteiger partial charge in [0.05, 0.1) is 10.7 Å². The van der Waals surface area contributed by atoms with Crippen LogP contribution in [0.5, 0.6) is 5.75 Å². The largest absolute Gasteiger partial charge is 0.573 e. The van der Waals surface area contributed by atoms with Crippen molar-refractivity contribution in [3.8, 4) is 5.75 Å². The first kappa shape index (κ1) is 15.4. The average molecular weight is 320 g/mol. The van der Waals surface area contributed by atoms with Crippen molar-refractivity contribution in [3.05, 3.63) is 58.9 Å². The summed E-state index contributed by atoms with van der Waals surface area (Å²) in [4.78, 5) is 0. The zero-order valence-electron chi connectivity index (χ0n) is 10.5. The standard InChI is InChI=1S/C14H10ClF4NO/c15-12-6-3-10(16)7-13(12)20-8-9-1-4-11(5-2-9)21-14(17,18)19/h1-7,20H,8H2. The number of ether oxygens (including phenoxy) is 1. The van der Waals surface area contributed by atoms with Crippen molar-refractivity contribution in [2.45, 2.75) is 12.9 Å². The van der Waals surface area contributed by atoms with E-state index in [-0.39, 0.29) is 12.3 Å². The Morgan fingerprint density at radius 2 is 1.71 bits per heavy atom. The molecule has 0 saturated heterocycles. The maximum atomic E-state index is 13.1. The number of hydrogen-bond donors (Lipinski definition) is 1. The number of nitrogens with one attached hydrogen (secondary N) is 1. The second kappa shape index (κ2) is 6.22. The monoisotopic (exact) mass is 319 g/mol. The number of rotatable bonds is 4. The van der Waals surface area contributed by atoms with Gasteiger partial charge in [-0.2, -0.15) is 0 Å². The summed E-state index contributed by atoms with van der Waals surface area (Å²) in [5, 5.41) is 3.26. The van der Waals surface area contributed by atoms with Gasteiger partial charge in [0, 0.05) is 6.54 Å². The SMILES string of the molecule is Fc1ccc(Cl)c(NCc2ccc(OC(F)(F)F)cc2)c1. The lowest BCUT2D eigenvalue weighted by molar-refractivity contribution is -0.274. The van der Waals surface area contributed by atoms with Crippen molar-refractivity contribution in [1.29, 1.82) is 0 Å². The third-order valence-electron chi connectivity index (χ3n) is 2.57.